The highest BCUT2D eigenvalue weighted by Gasteiger charge is 2.40. The van der Waals surface area contributed by atoms with Crippen molar-refractivity contribution in [3.8, 4) is 0 Å². The highest BCUT2D eigenvalue weighted by Crippen LogP contribution is 2.39. The van der Waals surface area contributed by atoms with Crippen LogP contribution in [0.4, 0.5) is 0 Å². The van der Waals surface area contributed by atoms with Gasteiger partial charge in [0.25, 0.3) is 0 Å². The first-order chi connectivity index (χ1) is 6.12. The topological polar surface area (TPSA) is 37.3 Å². The molecule has 0 aromatic carbocycles. The first-order valence-corrected chi connectivity index (χ1v) is 5.27. The molecule has 0 spiro atoms. The Balaban J connectivity index is 2.72. The Labute approximate surface area is 80.3 Å². The van der Waals surface area contributed by atoms with E-state index in [-0.39, 0.29) is 5.92 Å². The van der Waals surface area contributed by atoms with Crippen LogP contribution in [0, 0.1) is 11.3 Å². The maximum absolute atomic E-state index is 11.1. The van der Waals surface area contributed by atoms with Crippen LogP contribution in [0.1, 0.15) is 46.0 Å². The van der Waals surface area contributed by atoms with Crippen LogP contribution in [0.25, 0.3) is 0 Å². The van der Waals surface area contributed by atoms with Gasteiger partial charge in [-0.05, 0) is 18.8 Å². The summed E-state index contributed by atoms with van der Waals surface area (Å²) in [5.41, 5.74) is -0.424. The van der Waals surface area contributed by atoms with Crippen LogP contribution >= 0.6 is 0 Å². The molecule has 1 atom stereocenters. The van der Waals surface area contributed by atoms with Crippen molar-refractivity contribution in [2.75, 3.05) is 0 Å². The lowest BCUT2D eigenvalue weighted by molar-refractivity contribution is -0.128. The van der Waals surface area contributed by atoms with Crippen LogP contribution in [-0.2, 0) is 4.79 Å². The van der Waals surface area contributed by atoms with Crippen LogP contribution in [0.15, 0.2) is 0 Å². The van der Waals surface area contributed by atoms with Gasteiger partial charge in [0.15, 0.2) is 0 Å². The Morgan fingerprint density at radius 1 is 1.23 bits per heavy atom. The molecule has 1 saturated carbocycles. The van der Waals surface area contributed by atoms with Crippen molar-refractivity contribution in [1.29, 1.82) is 0 Å². The van der Waals surface area contributed by atoms with Crippen molar-refractivity contribution in [3.63, 3.8) is 0 Å². The summed E-state index contributed by atoms with van der Waals surface area (Å²) in [5.74, 6) is 0.184. The molecule has 0 amide bonds. The van der Waals surface area contributed by atoms with Crippen LogP contribution in [0.5, 0.6) is 0 Å². The fraction of sp³-hybridized carbons (Fsp3) is 0.909. The van der Waals surface area contributed by atoms with Crippen LogP contribution in [-0.4, -0.2) is 17.5 Å². The van der Waals surface area contributed by atoms with Gasteiger partial charge in [0.2, 0.25) is 0 Å². The summed E-state index contributed by atoms with van der Waals surface area (Å²) in [6.45, 7) is 3.95. The molecule has 2 heteroatoms. The van der Waals surface area contributed by atoms with Crippen molar-refractivity contribution in [2.24, 2.45) is 11.3 Å². The quantitative estimate of drug-likeness (QED) is 0.682. The summed E-state index contributed by atoms with van der Waals surface area (Å²) in [5, 5.41) is 9.97. The maximum atomic E-state index is 11.1. The average Bonchev–Trinajstić information content (AvgIpc) is 2.17. The fourth-order valence-electron chi connectivity index (χ4n) is 2.36. The number of rotatable bonds is 3. The van der Waals surface area contributed by atoms with E-state index in [1.807, 2.05) is 13.8 Å². The molecule has 0 bridgehead atoms. The molecular formula is C11H20O2. The zero-order valence-electron chi connectivity index (χ0n) is 8.62. The van der Waals surface area contributed by atoms with E-state index in [0.717, 1.165) is 32.0 Å². The molecule has 0 aliphatic heterocycles. The highest BCUT2D eigenvalue weighted by molar-refractivity contribution is 5.60. The van der Waals surface area contributed by atoms with E-state index in [4.69, 9.17) is 0 Å². The molecule has 2 nitrogen and oxygen atoms in total. The minimum Gasteiger partial charge on any atom is -0.392 e. The summed E-state index contributed by atoms with van der Waals surface area (Å²) in [6.07, 6.45) is 5.67. The van der Waals surface area contributed by atoms with E-state index >= 15 is 0 Å². The van der Waals surface area contributed by atoms with E-state index in [1.54, 1.807) is 0 Å². The number of aliphatic hydroxyl groups excluding tert-OH is 1. The van der Waals surface area contributed by atoms with Crippen molar-refractivity contribution in [1.82, 2.24) is 0 Å². The van der Waals surface area contributed by atoms with Gasteiger partial charge in [0.1, 0.15) is 6.29 Å². The molecular weight excluding hydrogens is 164 g/mol. The number of carbonyl (C=O) groups is 1. The van der Waals surface area contributed by atoms with Crippen LogP contribution in [0.2, 0.25) is 0 Å². The third-order valence-electron chi connectivity index (χ3n) is 3.24. The van der Waals surface area contributed by atoms with Crippen molar-refractivity contribution in [3.05, 3.63) is 0 Å². The third-order valence-corrected chi connectivity index (χ3v) is 3.24. The molecule has 0 aromatic rings. The molecule has 1 rings (SSSR count). The van der Waals surface area contributed by atoms with E-state index < -0.39 is 11.5 Å². The summed E-state index contributed by atoms with van der Waals surface area (Å²) >= 11 is 0. The summed E-state index contributed by atoms with van der Waals surface area (Å²) < 4.78 is 0. The number of hydrogen-bond acceptors (Lipinski definition) is 2. The first-order valence-electron chi connectivity index (χ1n) is 5.27. The summed E-state index contributed by atoms with van der Waals surface area (Å²) in [6, 6.07) is 0. The molecule has 13 heavy (non-hydrogen) atoms. The van der Waals surface area contributed by atoms with Crippen LogP contribution in [0.3, 0.4) is 0 Å². The number of aldehydes is 1. The van der Waals surface area contributed by atoms with Gasteiger partial charge in [0, 0.05) is 0 Å². The van der Waals surface area contributed by atoms with Gasteiger partial charge < -0.3 is 9.90 Å². The van der Waals surface area contributed by atoms with Gasteiger partial charge >= 0.3 is 0 Å². The number of aliphatic hydroxyl groups is 1. The zero-order valence-corrected chi connectivity index (χ0v) is 8.62. The SMILES string of the molecule is CC(C)C(O)C1(C=O)CCCCC1. The largest absolute Gasteiger partial charge is 0.392 e. The lowest BCUT2D eigenvalue weighted by atomic mass is 9.68. The van der Waals surface area contributed by atoms with Crippen molar-refractivity contribution in [2.45, 2.75) is 52.1 Å². The predicted octanol–water partition coefficient (Wildman–Crippen LogP) is 2.15. The molecule has 0 radical (unpaired) electrons. The monoisotopic (exact) mass is 184 g/mol. The second kappa shape index (κ2) is 4.23. The lowest BCUT2D eigenvalue weighted by Crippen LogP contribution is -2.41. The number of carbonyl (C=O) groups excluding carboxylic acids is 1. The summed E-state index contributed by atoms with van der Waals surface area (Å²) in [7, 11) is 0. The molecule has 0 aromatic heterocycles. The molecule has 0 heterocycles. The second-order valence-corrected chi connectivity index (χ2v) is 4.60. The minimum atomic E-state index is -0.453. The maximum Gasteiger partial charge on any atom is 0.128 e. The van der Waals surface area contributed by atoms with E-state index in [2.05, 4.69) is 0 Å². The highest BCUT2D eigenvalue weighted by atomic mass is 16.3. The van der Waals surface area contributed by atoms with Gasteiger partial charge in [-0.1, -0.05) is 33.1 Å². The van der Waals surface area contributed by atoms with Crippen molar-refractivity contribution < 1.29 is 9.90 Å². The molecule has 1 N–H and O–H groups in total. The predicted molar refractivity (Wildman–Crippen MR) is 52.4 cm³/mol. The Bertz CT molecular complexity index is 169. The molecule has 1 fully saturated rings. The Morgan fingerprint density at radius 3 is 2.15 bits per heavy atom. The third kappa shape index (κ3) is 2.11. The molecule has 76 valence electrons. The van der Waals surface area contributed by atoms with Gasteiger partial charge in [-0.3, -0.25) is 0 Å². The Morgan fingerprint density at radius 2 is 1.77 bits per heavy atom. The van der Waals surface area contributed by atoms with Gasteiger partial charge in [0.05, 0.1) is 11.5 Å². The smallest absolute Gasteiger partial charge is 0.128 e. The van der Waals surface area contributed by atoms with Crippen LogP contribution < -0.4 is 0 Å². The van der Waals surface area contributed by atoms with E-state index in [1.165, 1.54) is 6.42 Å². The molecule has 1 aliphatic rings. The van der Waals surface area contributed by atoms with E-state index in [9.17, 15) is 9.90 Å². The molecule has 0 saturated heterocycles. The van der Waals surface area contributed by atoms with Gasteiger partial charge in [-0.15, -0.1) is 0 Å². The molecule has 1 unspecified atom stereocenters. The Hall–Kier alpha value is -0.370. The van der Waals surface area contributed by atoms with Gasteiger partial charge in [-0.2, -0.15) is 0 Å². The molecule has 1 aliphatic carbocycles. The fourth-order valence-corrected chi connectivity index (χ4v) is 2.36. The minimum absolute atomic E-state index is 0.184. The zero-order chi connectivity index (χ0) is 9.90. The lowest BCUT2D eigenvalue weighted by Gasteiger charge is -2.38. The Kier molecular flexibility index (Phi) is 3.48. The van der Waals surface area contributed by atoms with Crippen molar-refractivity contribution >= 4 is 6.29 Å². The summed E-state index contributed by atoms with van der Waals surface area (Å²) in [4.78, 5) is 11.1. The second-order valence-electron chi connectivity index (χ2n) is 4.60. The first kappa shape index (κ1) is 10.7. The van der Waals surface area contributed by atoms with E-state index in [0.29, 0.717) is 0 Å². The average molecular weight is 184 g/mol. The number of hydrogen-bond donors (Lipinski definition) is 1. The standard InChI is InChI=1S/C11H20O2/c1-9(2)10(13)11(8-12)6-4-3-5-7-11/h8-10,13H,3-7H2,1-2H3. The van der Waals surface area contributed by atoms with Gasteiger partial charge in [-0.25, -0.2) is 0 Å². The normalized spacial score (nSPS) is 24.3.